The van der Waals surface area contributed by atoms with Gasteiger partial charge in [0.1, 0.15) is 23.7 Å². The minimum absolute atomic E-state index is 0.122. The van der Waals surface area contributed by atoms with E-state index in [1.54, 1.807) is 26.1 Å². The molecule has 0 bridgehead atoms. The van der Waals surface area contributed by atoms with Crippen LogP contribution in [0.15, 0.2) is 23.4 Å². The van der Waals surface area contributed by atoms with Gasteiger partial charge in [-0.1, -0.05) is 11.2 Å². The lowest BCUT2D eigenvalue weighted by molar-refractivity contribution is -0.333. The van der Waals surface area contributed by atoms with Crippen LogP contribution in [0.4, 0.5) is 8.78 Å². The van der Waals surface area contributed by atoms with Gasteiger partial charge in [-0.25, -0.2) is 8.78 Å². The van der Waals surface area contributed by atoms with Gasteiger partial charge >= 0.3 is 0 Å². The summed E-state index contributed by atoms with van der Waals surface area (Å²) >= 11 is 1.11. The van der Waals surface area contributed by atoms with Crippen molar-refractivity contribution in [3.8, 4) is 0 Å². The predicted octanol–water partition coefficient (Wildman–Crippen LogP) is 4.02. The van der Waals surface area contributed by atoms with Gasteiger partial charge in [0.25, 0.3) is 0 Å². The lowest BCUT2D eigenvalue weighted by atomic mass is 9.79. The zero-order chi connectivity index (χ0) is 24.7. The van der Waals surface area contributed by atoms with Crippen LogP contribution in [-0.2, 0) is 14.2 Å². The third-order valence-electron chi connectivity index (χ3n) is 6.74. The highest BCUT2D eigenvalue weighted by atomic mass is 32.2. The second-order valence-electron chi connectivity index (χ2n) is 9.70. The Hall–Kier alpha value is -1.53. The van der Waals surface area contributed by atoms with Gasteiger partial charge in [-0.3, -0.25) is 4.98 Å². The number of aliphatic hydroxyl groups excluding tert-OH is 1. The van der Waals surface area contributed by atoms with E-state index >= 15 is 0 Å². The summed E-state index contributed by atoms with van der Waals surface area (Å²) in [7, 11) is 0. The lowest BCUT2D eigenvalue weighted by Crippen LogP contribution is -2.63. The fourth-order valence-electron chi connectivity index (χ4n) is 4.80. The maximum absolute atomic E-state index is 13.9. The molecule has 3 fully saturated rings. The topological polar surface area (TPSA) is 130 Å². The van der Waals surface area contributed by atoms with Gasteiger partial charge in [-0.05, 0) is 50.8 Å². The number of aromatic nitrogens is 1. The smallest absolute Gasteiger partial charge is 0.248 e. The average molecular weight is 501 g/mol. The lowest BCUT2D eigenvalue weighted by Gasteiger charge is -2.50. The Morgan fingerprint density at radius 3 is 2.65 bits per heavy atom. The third kappa shape index (κ3) is 5.18. The molecule has 0 spiro atoms. The van der Waals surface area contributed by atoms with Crippen LogP contribution in [0.25, 0.3) is 10.4 Å². The zero-order valence-electron chi connectivity index (χ0n) is 19.3. The molecule has 9 nitrogen and oxygen atoms in total. The van der Waals surface area contributed by atoms with Gasteiger partial charge in [-0.15, -0.1) is 11.8 Å². The molecule has 3 heterocycles. The average Bonchev–Trinajstić information content (AvgIpc) is 2.77. The van der Waals surface area contributed by atoms with E-state index in [4.69, 9.17) is 19.7 Å². The van der Waals surface area contributed by atoms with E-state index in [0.29, 0.717) is 5.69 Å². The predicted molar refractivity (Wildman–Crippen MR) is 120 cm³/mol. The molecule has 188 valence electrons. The summed E-state index contributed by atoms with van der Waals surface area (Å²) in [6.07, 6.45) is -2.16. The monoisotopic (exact) mass is 500 g/mol. The zero-order valence-corrected chi connectivity index (χ0v) is 20.1. The number of thioether (sulfide) groups is 1. The largest absolute Gasteiger partial charge is 0.389 e. The first-order valence-corrected chi connectivity index (χ1v) is 12.3. The van der Waals surface area contributed by atoms with Crippen LogP contribution in [0.3, 0.4) is 0 Å². The molecule has 1 aromatic rings. The molecule has 3 aliphatic rings. The van der Waals surface area contributed by atoms with Crippen LogP contribution >= 0.6 is 11.8 Å². The van der Waals surface area contributed by atoms with Gasteiger partial charge < -0.3 is 24.4 Å². The number of azide groups is 1. The standard InChI is InChI=1S/C22H30F2N4O5S/c1-12-5-4-10-26-14(12)18(21(30)6-8-22(23,24)9-7-21)34-19-16(29)15(27-28-25)17-13(32-19)11-31-20(2,3)33-17/h4-5,10,13,15-19,29-30H,6-9,11H2,1-3H3/t13-,15-,16-,17+,18?,19+/m1/s1. The summed E-state index contributed by atoms with van der Waals surface area (Å²) in [6.45, 7) is 5.43. The molecule has 0 radical (unpaired) electrons. The molecule has 2 N–H and O–H groups in total. The Kier molecular flexibility index (Phi) is 7.14. The normalized spacial score (nSPS) is 35.0. The van der Waals surface area contributed by atoms with Crippen molar-refractivity contribution in [3.05, 3.63) is 40.0 Å². The summed E-state index contributed by atoms with van der Waals surface area (Å²) < 4.78 is 45.6. The minimum Gasteiger partial charge on any atom is -0.389 e. The molecular formula is C22H30F2N4O5S. The number of alkyl halides is 2. The highest BCUT2D eigenvalue weighted by molar-refractivity contribution is 8.00. The highest BCUT2D eigenvalue weighted by Crippen LogP contribution is 2.52. The fourth-order valence-corrected chi connectivity index (χ4v) is 6.46. The number of hydrogen-bond acceptors (Lipinski definition) is 8. The number of aliphatic hydroxyl groups is 2. The number of rotatable bonds is 5. The molecule has 2 saturated heterocycles. The first-order chi connectivity index (χ1) is 15.9. The summed E-state index contributed by atoms with van der Waals surface area (Å²) in [5.41, 5.74) is 8.02. The summed E-state index contributed by atoms with van der Waals surface area (Å²) in [5.74, 6) is -3.77. The van der Waals surface area contributed by atoms with Crippen LogP contribution in [-0.4, -0.2) is 68.9 Å². The number of fused-ring (bicyclic) bond motifs is 1. The van der Waals surface area contributed by atoms with Crippen molar-refractivity contribution in [1.29, 1.82) is 0 Å². The number of halogens is 2. The maximum Gasteiger partial charge on any atom is 0.248 e. The molecule has 4 rings (SSSR count). The Balaban J connectivity index is 1.65. The molecule has 34 heavy (non-hydrogen) atoms. The Bertz CT molecular complexity index is 938. The Morgan fingerprint density at radius 2 is 2.00 bits per heavy atom. The van der Waals surface area contributed by atoms with Crippen molar-refractivity contribution in [3.63, 3.8) is 0 Å². The summed E-state index contributed by atoms with van der Waals surface area (Å²) in [4.78, 5) is 7.33. The fraction of sp³-hybridized carbons (Fsp3) is 0.773. The number of hydrogen-bond donors (Lipinski definition) is 2. The molecule has 1 aliphatic carbocycles. The highest BCUT2D eigenvalue weighted by Gasteiger charge is 2.54. The van der Waals surface area contributed by atoms with E-state index in [2.05, 4.69) is 15.0 Å². The van der Waals surface area contributed by atoms with Gasteiger partial charge in [0.05, 0.1) is 29.2 Å². The van der Waals surface area contributed by atoms with Gasteiger partial charge in [-0.2, -0.15) is 0 Å². The maximum atomic E-state index is 13.9. The van der Waals surface area contributed by atoms with Crippen LogP contribution < -0.4 is 0 Å². The first-order valence-electron chi connectivity index (χ1n) is 11.3. The third-order valence-corrected chi connectivity index (χ3v) is 8.34. The van der Waals surface area contributed by atoms with E-state index in [1.165, 1.54) is 0 Å². The van der Waals surface area contributed by atoms with Crippen molar-refractivity contribution in [2.75, 3.05) is 6.61 Å². The summed E-state index contributed by atoms with van der Waals surface area (Å²) in [6, 6.07) is 2.63. The Labute approximate surface area is 200 Å². The van der Waals surface area contributed by atoms with Crippen molar-refractivity contribution in [2.24, 2.45) is 5.11 Å². The molecule has 0 aromatic carbocycles. The quantitative estimate of drug-likeness (QED) is 0.355. The van der Waals surface area contributed by atoms with Gasteiger partial charge in [0.15, 0.2) is 5.79 Å². The van der Waals surface area contributed by atoms with Crippen LogP contribution in [0.1, 0.15) is 56.0 Å². The van der Waals surface area contributed by atoms with Crippen LogP contribution in [0, 0.1) is 6.92 Å². The second kappa shape index (κ2) is 9.50. The number of pyridine rings is 1. The van der Waals surface area contributed by atoms with E-state index < -0.39 is 65.2 Å². The van der Waals surface area contributed by atoms with Gasteiger partial charge in [0, 0.05) is 24.0 Å². The molecule has 12 heteroatoms. The van der Waals surface area contributed by atoms with E-state index in [9.17, 15) is 19.0 Å². The second-order valence-corrected chi connectivity index (χ2v) is 10.9. The van der Waals surface area contributed by atoms with E-state index in [1.807, 2.05) is 13.0 Å². The Morgan fingerprint density at radius 1 is 1.29 bits per heavy atom. The van der Waals surface area contributed by atoms with Gasteiger partial charge in [0.2, 0.25) is 5.92 Å². The van der Waals surface area contributed by atoms with Crippen LogP contribution in [0.2, 0.25) is 0 Å². The van der Waals surface area contributed by atoms with E-state index in [-0.39, 0.29) is 19.4 Å². The number of nitrogens with zero attached hydrogens (tertiary/aromatic N) is 4. The van der Waals surface area contributed by atoms with Crippen molar-refractivity contribution < 1.29 is 33.2 Å². The molecule has 2 aliphatic heterocycles. The molecule has 6 atom stereocenters. The molecule has 0 amide bonds. The minimum atomic E-state index is -2.83. The SMILES string of the molecule is Cc1cccnc1C(S[C@@H]1O[C@@H]2COC(C)(C)O[C@@H]2[C@H](N=[N+]=[N-])[C@H]1O)C1(O)CCC(F)(F)CC1. The van der Waals surface area contributed by atoms with Crippen LogP contribution in [0.5, 0.6) is 0 Å². The molecule has 1 unspecified atom stereocenters. The molecular weight excluding hydrogens is 470 g/mol. The van der Waals surface area contributed by atoms with E-state index in [0.717, 1.165) is 17.3 Å². The van der Waals surface area contributed by atoms with Crippen molar-refractivity contribution in [2.45, 2.75) is 98.8 Å². The van der Waals surface area contributed by atoms with Crippen molar-refractivity contribution >= 4 is 11.8 Å². The van der Waals surface area contributed by atoms with Crippen molar-refractivity contribution in [1.82, 2.24) is 4.98 Å². The first kappa shape index (κ1) is 25.6. The number of aryl methyl sites for hydroxylation is 1. The molecule has 1 aromatic heterocycles. The summed E-state index contributed by atoms with van der Waals surface area (Å²) in [5, 5.41) is 25.7. The molecule has 1 saturated carbocycles. The number of ether oxygens (including phenoxy) is 3.